The van der Waals surface area contributed by atoms with Crippen molar-refractivity contribution in [2.75, 3.05) is 0 Å². The van der Waals surface area contributed by atoms with Gasteiger partial charge in [-0.25, -0.2) is 4.98 Å². The lowest BCUT2D eigenvalue weighted by Crippen LogP contribution is -1.96. The number of aryl methyl sites for hydroxylation is 2. The summed E-state index contributed by atoms with van der Waals surface area (Å²) in [6.07, 6.45) is 3.32. The molecule has 0 bridgehead atoms. The number of aliphatic hydroxyl groups excluding tert-OH is 1. The molecule has 0 atom stereocenters. The van der Waals surface area contributed by atoms with Crippen molar-refractivity contribution in [1.82, 2.24) is 9.97 Å². The van der Waals surface area contributed by atoms with Crippen molar-refractivity contribution in [3.63, 3.8) is 0 Å². The second kappa shape index (κ2) is 4.93. The summed E-state index contributed by atoms with van der Waals surface area (Å²) in [5.74, 6) is 1.23. The van der Waals surface area contributed by atoms with Crippen LogP contribution in [0.25, 0.3) is 0 Å². The van der Waals surface area contributed by atoms with Crippen LogP contribution in [0.2, 0.25) is 0 Å². The van der Waals surface area contributed by atoms with Crippen molar-refractivity contribution in [2.24, 2.45) is 0 Å². The fourth-order valence-electron chi connectivity index (χ4n) is 1.50. The van der Waals surface area contributed by atoms with E-state index in [0.717, 1.165) is 16.8 Å². The van der Waals surface area contributed by atoms with Crippen LogP contribution in [0.1, 0.15) is 16.8 Å². The van der Waals surface area contributed by atoms with Crippen LogP contribution in [-0.2, 0) is 6.61 Å². The zero-order chi connectivity index (χ0) is 12.3. The highest BCUT2D eigenvalue weighted by Gasteiger charge is 2.06. The highest BCUT2D eigenvalue weighted by atomic mass is 16.5. The lowest BCUT2D eigenvalue weighted by molar-refractivity contribution is 0.281. The van der Waals surface area contributed by atoms with Gasteiger partial charge in [0.25, 0.3) is 0 Å². The minimum Gasteiger partial charge on any atom is -0.437 e. The molecular formula is C13H14N2O2. The number of hydrogen-bond acceptors (Lipinski definition) is 4. The summed E-state index contributed by atoms with van der Waals surface area (Å²) < 4.78 is 5.68. The molecule has 17 heavy (non-hydrogen) atoms. The average Bonchev–Trinajstić information content (AvgIpc) is 2.34. The highest BCUT2D eigenvalue weighted by molar-refractivity contribution is 5.34. The monoisotopic (exact) mass is 230 g/mol. The molecule has 4 nitrogen and oxygen atoms in total. The highest BCUT2D eigenvalue weighted by Crippen LogP contribution is 2.24. The first-order chi connectivity index (χ1) is 8.20. The van der Waals surface area contributed by atoms with Crippen molar-refractivity contribution in [1.29, 1.82) is 0 Å². The number of aromatic nitrogens is 2. The van der Waals surface area contributed by atoms with Gasteiger partial charge in [0.15, 0.2) is 5.75 Å². The minimum atomic E-state index is -0.0138. The van der Waals surface area contributed by atoms with E-state index in [9.17, 15) is 0 Å². The molecule has 0 radical (unpaired) electrons. The van der Waals surface area contributed by atoms with Crippen LogP contribution in [0, 0.1) is 13.8 Å². The van der Waals surface area contributed by atoms with Gasteiger partial charge in [-0.1, -0.05) is 0 Å². The van der Waals surface area contributed by atoms with E-state index in [1.54, 1.807) is 12.4 Å². The smallest absolute Gasteiger partial charge is 0.222 e. The first kappa shape index (κ1) is 11.5. The van der Waals surface area contributed by atoms with E-state index in [4.69, 9.17) is 9.84 Å². The van der Waals surface area contributed by atoms with E-state index in [1.807, 2.05) is 32.0 Å². The predicted molar refractivity (Wildman–Crippen MR) is 63.9 cm³/mol. The van der Waals surface area contributed by atoms with Gasteiger partial charge >= 0.3 is 0 Å². The summed E-state index contributed by atoms with van der Waals surface area (Å²) in [7, 11) is 0. The Labute approximate surface area is 99.9 Å². The topological polar surface area (TPSA) is 55.2 Å². The molecule has 0 aromatic carbocycles. The third kappa shape index (κ3) is 2.60. The molecule has 0 fully saturated rings. The van der Waals surface area contributed by atoms with Gasteiger partial charge < -0.3 is 9.84 Å². The molecule has 2 aromatic rings. The van der Waals surface area contributed by atoms with E-state index in [0.29, 0.717) is 11.6 Å². The summed E-state index contributed by atoms with van der Waals surface area (Å²) in [5, 5.41) is 9.00. The van der Waals surface area contributed by atoms with Crippen LogP contribution in [0.15, 0.2) is 30.6 Å². The summed E-state index contributed by atoms with van der Waals surface area (Å²) in [4.78, 5) is 8.32. The molecule has 0 saturated carbocycles. The van der Waals surface area contributed by atoms with Crippen molar-refractivity contribution in [3.05, 3.63) is 47.4 Å². The molecule has 2 aromatic heterocycles. The van der Waals surface area contributed by atoms with Gasteiger partial charge in [-0.3, -0.25) is 4.98 Å². The van der Waals surface area contributed by atoms with Crippen LogP contribution >= 0.6 is 0 Å². The van der Waals surface area contributed by atoms with E-state index >= 15 is 0 Å². The van der Waals surface area contributed by atoms with E-state index < -0.39 is 0 Å². The number of nitrogens with zero attached hydrogens (tertiary/aromatic N) is 2. The second-order valence-corrected chi connectivity index (χ2v) is 3.81. The second-order valence-electron chi connectivity index (χ2n) is 3.81. The van der Waals surface area contributed by atoms with Crippen LogP contribution < -0.4 is 4.74 Å². The van der Waals surface area contributed by atoms with Crippen molar-refractivity contribution in [2.45, 2.75) is 20.5 Å². The Kier molecular flexibility index (Phi) is 3.35. The zero-order valence-corrected chi connectivity index (χ0v) is 9.84. The van der Waals surface area contributed by atoms with Crippen molar-refractivity contribution < 1.29 is 9.84 Å². The van der Waals surface area contributed by atoms with Gasteiger partial charge in [-0.2, -0.15) is 0 Å². The van der Waals surface area contributed by atoms with Gasteiger partial charge in [0, 0.05) is 18.0 Å². The number of ether oxygens (including phenoxy) is 1. The standard InChI is InChI=1S/C13H14N2O2/c1-9-6-11(8-16)7-15-13(9)17-12-4-3-5-14-10(12)2/h3-7,16H,8H2,1-2H3. The Morgan fingerprint density at radius 1 is 1.29 bits per heavy atom. The van der Waals surface area contributed by atoms with Gasteiger partial charge in [0.1, 0.15) is 0 Å². The summed E-state index contributed by atoms with van der Waals surface area (Å²) in [5.41, 5.74) is 2.48. The van der Waals surface area contributed by atoms with Crippen molar-refractivity contribution in [3.8, 4) is 11.6 Å². The van der Waals surface area contributed by atoms with Crippen LogP contribution in [0.5, 0.6) is 11.6 Å². The summed E-state index contributed by atoms with van der Waals surface area (Å²) in [6.45, 7) is 3.76. The number of aliphatic hydroxyl groups is 1. The van der Waals surface area contributed by atoms with Crippen LogP contribution in [-0.4, -0.2) is 15.1 Å². The van der Waals surface area contributed by atoms with Gasteiger partial charge in [0.05, 0.1) is 12.3 Å². The number of pyridine rings is 2. The summed E-state index contributed by atoms with van der Waals surface area (Å²) >= 11 is 0. The Balaban J connectivity index is 2.28. The molecule has 2 heterocycles. The fourth-order valence-corrected chi connectivity index (χ4v) is 1.50. The van der Waals surface area contributed by atoms with E-state index in [1.165, 1.54) is 0 Å². The first-order valence-corrected chi connectivity index (χ1v) is 5.36. The number of rotatable bonds is 3. The third-order valence-electron chi connectivity index (χ3n) is 2.43. The molecule has 0 aliphatic rings. The van der Waals surface area contributed by atoms with Gasteiger partial charge in [-0.05, 0) is 37.6 Å². The Morgan fingerprint density at radius 2 is 2.12 bits per heavy atom. The van der Waals surface area contributed by atoms with Gasteiger partial charge in [0.2, 0.25) is 5.88 Å². The molecular weight excluding hydrogens is 216 g/mol. The molecule has 0 unspecified atom stereocenters. The molecule has 0 aliphatic carbocycles. The van der Waals surface area contributed by atoms with Gasteiger partial charge in [-0.15, -0.1) is 0 Å². The third-order valence-corrected chi connectivity index (χ3v) is 2.43. The maximum atomic E-state index is 9.00. The Morgan fingerprint density at radius 3 is 2.76 bits per heavy atom. The summed E-state index contributed by atoms with van der Waals surface area (Å²) in [6, 6.07) is 5.53. The normalized spacial score (nSPS) is 10.3. The molecule has 0 saturated heterocycles. The lowest BCUT2D eigenvalue weighted by atomic mass is 10.2. The van der Waals surface area contributed by atoms with Crippen molar-refractivity contribution >= 4 is 0 Å². The number of hydrogen-bond donors (Lipinski definition) is 1. The largest absolute Gasteiger partial charge is 0.437 e. The first-order valence-electron chi connectivity index (χ1n) is 5.36. The molecule has 88 valence electrons. The molecule has 0 spiro atoms. The molecule has 0 amide bonds. The Bertz CT molecular complexity index is 527. The molecule has 4 heteroatoms. The predicted octanol–water partition coefficient (Wildman–Crippen LogP) is 2.38. The van der Waals surface area contributed by atoms with Crippen LogP contribution in [0.3, 0.4) is 0 Å². The molecule has 0 aliphatic heterocycles. The fraction of sp³-hybridized carbons (Fsp3) is 0.231. The maximum Gasteiger partial charge on any atom is 0.222 e. The average molecular weight is 230 g/mol. The zero-order valence-electron chi connectivity index (χ0n) is 9.84. The quantitative estimate of drug-likeness (QED) is 0.879. The van der Waals surface area contributed by atoms with E-state index in [-0.39, 0.29) is 6.61 Å². The molecule has 1 N–H and O–H groups in total. The molecule has 2 rings (SSSR count). The van der Waals surface area contributed by atoms with Crippen LogP contribution in [0.4, 0.5) is 0 Å². The van der Waals surface area contributed by atoms with E-state index in [2.05, 4.69) is 9.97 Å². The SMILES string of the molecule is Cc1cc(CO)cnc1Oc1cccnc1C. The maximum absolute atomic E-state index is 9.00. The Hall–Kier alpha value is -1.94. The lowest BCUT2D eigenvalue weighted by Gasteiger charge is -2.09. The minimum absolute atomic E-state index is 0.0138.